The molecule has 0 N–H and O–H groups in total. The fourth-order valence-corrected chi connectivity index (χ4v) is 3.41. The third-order valence-corrected chi connectivity index (χ3v) is 4.91. The Morgan fingerprint density at radius 2 is 2.06 bits per heavy atom. The fourth-order valence-electron chi connectivity index (χ4n) is 3.41. The van der Waals surface area contributed by atoms with Gasteiger partial charge in [-0.05, 0) is 37.8 Å². The van der Waals surface area contributed by atoms with E-state index in [1.807, 2.05) is 14.1 Å². The number of nitrogens with zero attached hydrogens (tertiary/aromatic N) is 2. The van der Waals surface area contributed by atoms with Gasteiger partial charge in [0, 0.05) is 12.5 Å². The number of carbonyl (C=O) groups excluding carboxylic acids is 1. The zero-order chi connectivity index (χ0) is 12.1. The van der Waals surface area contributed by atoms with Gasteiger partial charge in [0.15, 0.2) is 0 Å². The molecule has 1 saturated heterocycles. The zero-order valence-corrected chi connectivity index (χ0v) is 11.2. The summed E-state index contributed by atoms with van der Waals surface area (Å²) in [6.07, 6.45) is 1.95. The van der Waals surface area contributed by atoms with Gasteiger partial charge >= 0.3 is 0 Å². The maximum atomic E-state index is 12.1. The Morgan fingerprint density at radius 3 is 2.62 bits per heavy atom. The van der Waals surface area contributed by atoms with Crippen molar-refractivity contribution in [2.75, 3.05) is 20.8 Å². The van der Waals surface area contributed by atoms with Crippen LogP contribution >= 0.6 is 0 Å². The van der Waals surface area contributed by atoms with Crippen molar-refractivity contribution in [2.45, 2.75) is 39.7 Å². The van der Waals surface area contributed by atoms with E-state index in [2.05, 4.69) is 30.6 Å². The molecule has 2 fully saturated rings. The minimum atomic E-state index is 0.321. The molecule has 1 aliphatic heterocycles. The van der Waals surface area contributed by atoms with E-state index in [-0.39, 0.29) is 0 Å². The monoisotopic (exact) mass is 224 g/mol. The number of amides is 1. The standard InChI is InChI=1S/C13H24N2O/c1-9-11-6-10(13(9,2)3)7-12(16)15(11)8-14(4)5/h9-11H,6-8H2,1-5H3/t9-,10+,11+/m0/s1. The van der Waals surface area contributed by atoms with Gasteiger partial charge in [0.25, 0.3) is 0 Å². The Labute approximate surface area is 98.8 Å². The van der Waals surface area contributed by atoms with E-state index in [9.17, 15) is 4.79 Å². The predicted octanol–water partition coefficient (Wildman–Crippen LogP) is 1.79. The summed E-state index contributed by atoms with van der Waals surface area (Å²) in [6.45, 7) is 7.74. The molecule has 3 heteroatoms. The second-order valence-electron chi connectivity index (χ2n) is 6.40. The van der Waals surface area contributed by atoms with Crippen LogP contribution in [0.15, 0.2) is 0 Å². The van der Waals surface area contributed by atoms with E-state index in [0.29, 0.717) is 29.2 Å². The molecule has 16 heavy (non-hydrogen) atoms. The maximum absolute atomic E-state index is 12.1. The highest BCUT2D eigenvalue weighted by molar-refractivity contribution is 5.78. The SMILES string of the molecule is C[C@H]1[C@H]2C[C@H](CC(=O)N2CN(C)C)C1(C)C. The molecule has 1 aliphatic carbocycles. The number of hydrogen-bond acceptors (Lipinski definition) is 2. The van der Waals surface area contributed by atoms with Crippen LogP contribution in [0.3, 0.4) is 0 Å². The van der Waals surface area contributed by atoms with E-state index < -0.39 is 0 Å². The van der Waals surface area contributed by atoms with Gasteiger partial charge in [0.1, 0.15) is 0 Å². The van der Waals surface area contributed by atoms with E-state index >= 15 is 0 Å². The molecule has 0 aromatic carbocycles. The summed E-state index contributed by atoms with van der Waals surface area (Å²) in [6, 6.07) is 0.462. The third kappa shape index (κ3) is 1.65. The molecule has 0 spiro atoms. The Morgan fingerprint density at radius 1 is 1.44 bits per heavy atom. The van der Waals surface area contributed by atoms with Gasteiger partial charge in [-0.15, -0.1) is 0 Å². The summed E-state index contributed by atoms with van der Waals surface area (Å²) >= 11 is 0. The van der Waals surface area contributed by atoms with Gasteiger partial charge in [-0.3, -0.25) is 9.69 Å². The Bertz CT molecular complexity index is 298. The Balaban J connectivity index is 2.22. The summed E-state index contributed by atoms with van der Waals surface area (Å²) in [5, 5.41) is 0. The number of likely N-dealkylation sites (tertiary alicyclic amines) is 1. The quantitative estimate of drug-likeness (QED) is 0.714. The molecule has 2 aliphatic rings. The van der Waals surface area contributed by atoms with Crippen molar-refractivity contribution in [3.05, 3.63) is 0 Å². The highest BCUT2D eigenvalue weighted by atomic mass is 16.2. The van der Waals surface area contributed by atoms with Crippen molar-refractivity contribution in [2.24, 2.45) is 17.3 Å². The van der Waals surface area contributed by atoms with Crippen LogP contribution in [0, 0.1) is 17.3 Å². The van der Waals surface area contributed by atoms with Crippen molar-refractivity contribution in [3.63, 3.8) is 0 Å². The van der Waals surface area contributed by atoms with E-state index in [1.54, 1.807) is 0 Å². The molecular formula is C13H24N2O. The maximum Gasteiger partial charge on any atom is 0.224 e. The molecular weight excluding hydrogens is 200 g/mol. The van der Waals surface area contributed by atoms with Gasteiger partial charge in [-0.25, -0.2) is 0 Å². The van der Waals surface area contributed by atoms with Crippen LogP contribution in [-0.2, 0) is 4.79 Å². The average molecular weight is 224 g/mol. The second-order valence-corrected chi connectivity index (χ2v) is 6.40. The van der Waals surface area contributed by atoms with Crippen LogP contribution in [0.25, 0.3) is 0 Å². The molecule has 3 atom stereocenters. The van der Waals surface area contributed by atoms with Crippen molar-refractivity contribution in [1.29, 1.82) is 0 Å². The molecule has 92 valence electrons. The molecule has 0 radical (unpaired) electrons. The van der Waals surface area contributed by atoms with Crippen LogP contribution in [0.4, 0.5) is 0 Å². The Hall–Kier alpha value is -0.570. The van der Waals surface area contributed by atoms with Gasteiger partial charge in [0.05, 0.1) is 6.67 Å². The minimum absolute atomic E-state index is 0.321. The van der Waals surface area contributed by atoms with E-state index in [0.717, 1.165) is 13.1 Å². The van der Waals surface area contributed by atoms with Crippen LogP contribution in [-0.4, -0.2) is 42.5 Å². The lowest BCUT2D eigenvalue weighted by Crippen LogP contribution is -2.48. The van der Waals surface area contributed by atoms with Crippen molar-refractivity contribution in [1.82, 2.24) is 9.80 Å². The highest BCUT2D eigenvalue weighted by Gasteiger charge is 2.53. The van der Waals surface area contributed by atoms with Gasteiger partial charge in [-0.2, -0.15) is 0 Å². The normalized spacial score (nSPS) is 37.2. The van der Waals surface area contributed by atoms with Crippen molar-refractivity contribution in [3.8, 4) is 0 Å². The largest absolute Gasteiger partial charge is 0.326 e. The molecule has 0 aromatic heterocycles. The number of carbonyl (C=O) groups is 1. The summed E-state index contributed by atoms with van der Waals surface area (Å²) < 4.78 is 0. The number of fused-ring (bicyclic) bond motifs is 2. The van der Waals surface area contributed by atoms with Crippen LogP contribution in [0.5, 0.6) is 0 Å². The topological polar surface area (TPSA) is 23.6 Å². The first kappa shape index (κ1) is 11.9. The molecule has 0 aromatic rings. The molecule has 2 rings (SSSR count). The van der Waals surface area contributed by atoms with Crippen molar-refractivity contribution >= 4 is 5.91 Å². The van der Waals surface area contributed by atoms with E-state index in [4.69, 9.17) is 0 Å². The fraction of sp³-hybridized carbons (Fsp3) is 0.923. The number of rotatable bonds is 2. The zero-order valence-electron chi connectivity index (χ0n) is 11.2. The summed E-state index contributed by atoms with van der Waals surface area (Å²) in [4.78, 5) is 16.3. The second kappa shape index (κ2) is 3.73. The molecule has 1 heterocycles. The van der Waals surface area contributed by atoms with Gasteiger partial charge in [0.2, 0.25) is 5.91 Å². The molecule has 2 bridgehead atoms. The van der Waals surface area contributed by atoms with Crippen LogP contribution < -0.4 is 0 Å². The molecule has 1 saturated carbocycles. The Kier molecular flexibility index (Phi) is 2.77. The predicted molar refractivity (Wildman–Crippen MR) is 64.9 cm³/mol. The first-order valence-corrected chi connectivity index (χ1v) is 6.28. The lowest BCUT2D eigenvalue weighted by atomic mass is 9.75. The number of hydrogen-bond donors (Lipinski definition) is 0. The molecule has 1 amide bonds. The lowest BCUT2D eigenvalue weighted by molar-refractivity contribution is -0.139. The first-order valence-electron chi connectivity index (χ1n) is 6.28. The van der Waals surface area contributed by atoms with Crippen LogP contribution in [0.1, 0.15) is 33.6 Å². The highest BCUT2D eigenvalue weighted by Crippen LogP contribution is 2.53. The van der Waals surface area contributed by atoms with Crippen molar-refractivity contribution < 1.29 is 4.79 Å². The van der Waals surface area contributed by atoms with Gasteiger partial charge in [-0.1, -0.05) is 20.8 Å². The lowest BCUT2D eigenvalue weighted by Gasteiger charge is -2.36. The molecule has 3 nitrogen and oxygen atoms in total. The summed E-state index contributed by atoms with van der Waals surface area (Å²) in [7, 11) is 4.06. The van der Waals surface area contributed by atoms with E-state index in [1.165, 1.54) is 6.42 Å². The minimum Gasteiger partial charge on any atom is -0.326 e. The van der Waals surface area contributed by atoms with Gasteiger partial charge < -0.3 is 4.90 Å². The third-order valence-electron chi connectivity index (χ3n) is 4.91. The first-order chi connectivity index (χ1) is 7.34. The smallest absolute Gasteiger partial charge is 0.224 e. The summed E-state index contributed by atoms with van der Waals surface area (Å²) in [5.74, 6) is 1.56. The van der Waals surface area contributed by atoms with Crippen LogP contribution in [0.2, 0.25) is 0 Å². The molecule has 0 unspecified atom stereocenters. The summed E-state index contributed by atoms with van der Waals surface area (Å²) in [5.41, 5.74) is 0.321. The average Bonchev–Trinajstić information content (AvgIpc) is 2.35. The number of piperidine rings is 1.